The third-order valence-electron chi connectivity index (χ3n) is 4.71. The van der Waals surface area contributed by atoms with Crippen LogP contribution in [0, 0.1) is 0 Å². The Morgan fingerprint density at radius 1 is 1.10 bits per heavy atom. The van der Waals surface area contributed by atoms with Gasteiger partial charge in [-0.15, -0.1) is 0 Å². The molecule has 1 heterocycles. The minimum atomic E-state index is -3.87. The molecule has 30 heavy (non-hydrogen) atoms. The van der Waals surface area contributed by atoms with Crippen LogP contribution >= 0.6 is 0 Å². The quantitative estimate of drug-likeness (QED) is 0.667. The highest BCUT2D eigenvalue weighted by Crippen LogP contribution is 2.26. The Morgan fingerprint density at radius 3 is 2.40 bits per heavy atom. The number of amides is 1. The van der Waals surface area contributed by atoms with E-state index < -0.39 is 42.6 Å². The molecule has 1 atom stereocenters. The van der Waals surface area contributed by atoms with Gasteiger partial charge in [0.2, 0.25) is 0 Å². The summed E-state index contributed by atoms with van der Waals surface area (Å²) < 4.78 is 53.7. The molecule has 10 heteroatoms. The molecule has 1 fully saturated rings. The fraction of sp³-hybridized carbons (Fsp3) is 0.300. The van der Waals surface area contributed by atoms with Crippen LogP contribution in [0.2, 0.25) is 0 Å². The summed E-state index contributed by atoms with van der Waals surface area (Å²) in [6, 6.07) is 11.6. The second-order valence-electron chi connectivity index (χ2n) is 6.85. The monoisotopic (exact) mass is 451 g/mol. The van der Waals surface area contributed by atoms with E-state index in [9.17, 15) is 26.4 Å². The minimum Gasteiger partial charge on any atom is -0.462 e. The van der Waals surface area contributed by atoms with Crippen LogP contribution in [0.4, 0.5) is 5.69 Å². The molecule has 1 amide bonds. The average Bonchev–Trinajstić information content (AvgIpc) is 3.09. The number of esters is 1. The number of hydrogen-bond donors (Lipinski definition) is 1. The number of sulfone groups is 2. The van der Waals surface area contributed by atoms with Gasteiger partial charge in [0.25, 0.3) is 5.91 Å². The van der Waals surface area contributed by atoms with Crippen molar-refractivity contribution in [3.8, 4) is 0 Å². The van der Waals surface area contributed by atoms with Gasteiger partial charge in [0.1, 0.15) is 0 Å². The van der Waals surface area contributed by atoms with Crippen molar-refractivity contribution < 1.29 is 31.2 Å². The summed E-state index contributed by atoms with van der Waals surface area (Å²) in [5.74, 6) is -1.56. The molecule has 0 bridgehead atoms. The smallest absolute Gasteiger partial charge is 0.338 e. The molecule has 2 aromatic carbocycles. The van der Waals surface area contributed by atoms with Crippen molar-refractivity contribution in [1.82, 2.24) is 0 Å². The van der Waals surface area contributed by atoms with Crippen LogP contribution in [0.5, 0.6) is 0 Å². The lowest BCUT2D eigenvalue weighted by Crippen LogP contribution is -2.23. The van der Waals surface area contributed by atoms with E-state index in [1.165, 1.54) is 48.5 Å². The van der Waals surface area contributed by atoms with Gasteiger partial charge in [-0.1, -0.05) is 6.07 Å². The summed E-state index contributed by atoms with van der Waals surface area (Å²) in [5.41, 5.74) is 0.879. The second kappa shape index (κ2) is 8.57. The van der Waals surface area contributed by atoms with Gasteiger partial charge in [0.05, 0.1) is 33.8 Å². The predicted molar refractivity (Wildman–Crippen MR) is 111 cm³/mol. The lowest BCUT2D eigenvalue weighted by molar-refractivity contribution is 0.0526. The molecule has 0 radical (unpaired) electrons. The Labute approximate surface area is 175 Å². The highest BCUT2D eigenvalue weighted by atomic mass is 32.2. The van der Waals surface area contributed by atoms with Crippen LogP contribution in [0.25, 0.3) is 0 Å². The summed E-state index contributed by atoms with van der Waals surface area (Å²) in [6.07, 6.45) is 0.0495. The summed E-state index contributed by atoms with van der Waals surface area (Å²) >= 11 is 0. The number of hydrogen-bond acceptors (Lipinski definition) is 7. The predicted octanol–water partition coefficient (Wildman–Crippen LogP) is 2.08. The molecule has 0 unspecified atom stereocenters. The van der Waals surface area contributed by atoms with Crippen LogP contribution in [-0.4, -0.2) is 52.1 Å². The van der Waals surface area contributed by atoms with Gasteiger partial charge in [0, 0.05) is 11.3 Å². The van der Waals surface area contributed by atoms with E-state index in [1.807, 2.05) is 0 Å². The largest absolute Gasteiger partial charge is 0.462 e. The Balaban J connectivity index is 1.76. The molecule has 1 aliphatic heterocycles. The topological polar surface area (TPSA) is 124 Å². The van der Waals surface area contributed by atoms with Crippen LogP contribution in [-0.2, 0) is 24.4 Å². The minimum absolute atomic E-state index is 0.0495. The summed E-state index contributed by atoms with van der Waals surface area (Å²) in [6.45, 7) is 1.95. The standard InChI is InChI=1S/C20H21NO7S2/c1-2-28-20(23)14-6-8-16(9-7-14)21-19(22)15-4-3-5-17(12-15)30(26,27)18-10-11-29(24,25)13-18/h3-9,12,18H,2,10-11,13H2,1H3,(H,21,22)/t18-/m1/s1. The summed E-state index contributed by atoms with van der Waals surface area (Å²) in [4.78, 5) is 24.1. The Morgan fingerprint density at radius 2 is 1.80 bits per heavy atom. The molecule has 8 nitrogen and oxygen atoms in total. The van der Waals surface area contributed by atoms with Crippen molar-refractivity contribution in [3.05, 3.63) is 59.7 Å². The third kappa shape index (κ3) is 4.88. The maximum absolute atomic E-state index is 12.8. The summed E-state index contributed by atoms with van der Waals surface area (Å²) in [7, 11) is -7.23. The summed E-state index contributed by atoms with van der Waals surface area (Å²) in [5, 5.41) is 1.63. The van der Waals surface area contributed by atoms with Crippen molar-refractivity contribution in [2.75, 3.05) is 23.4 Å². The zero-order valence-corrected chi connectivity index (χ0v) is 17.8. The van der Waals surface area contributed by atoms with E-state index in [0.717, 1.165) is 0 Å². The van der Waals surface area contributed by atoms with Crippen LogP contribution in [0.15, 0.2) is 53.4 Å². The maximum Gasteiger partial charge on any atom is 0.338 e. The van der Waals surface area contributed by atoms with Gasteiger partial charge in [-0.2, -0.15) is 0 Å². The van der Waals surface area contributed by atoms with Gasteiger partial charge in [-0.3, -0.25) is 4.79 Å². The van der Waals surface area contributed by atoms with Gasteiger partial charge >= 0.3 is 5.97 Å². The number of carbonyl (C=O) groups excluding carboxylic acids is 2. The lowest BCUT2D eigenvalue weighted by Gasteiger charge is -2.12. The van der Waals surface area contributed by atoms with Crippen molar-refractivity contribution in [2.45, 2.75) is 23.5 Å². The second-order valence-corrected chi connectivity index (χ2v) is 11.3. The van der Waals surface area contributed by atoms with E-state index in [4.69, 9.17) is 4.74 Å². The number of nitrogens with one attached hydrogen (secondary N) is 1. The molecular weight excluding hydrogens is 430 g/mol. The first kappa shape index (κ1) is 22.0. The molecule has 0 saturated carbocycles. The molecule has 2 aromatic rings. The van der Waals surface area contributed by atoms with Gasteiger partial charge < -0.3 is 10.1 Å². The van der Waals surface area contributed by atoms with Crippen molar-refractivity contribution >= 4 is 37.2 Å². The molecule has 160 valence electrons. The molecule has 0 aliphatic carbocycles. The third-order valence-corrected chi connectivity index (χ3v) is 8.88. The van der Waals surface area contributed by atoms with E-state index in [-0.39, 0.29) is 29.2 Å². The molecule has 0 spiro atoms. The van der Waals surface area contributed by atoms with Gasteiger partial charge in [0.15, 0.2) is 19.7 Å². The lowest BCUT2D eigenvalue weighted by atomic mass is 10.2. The van der Waals surface area contributed by atoms with E-state index >= 15 is 0 Å². The highest BCUT2D eigenvalue weighted by molar-refractivity contribution is 7.96. The zero-order chi connectivity index (χ0) is 21.9. The van der Waals surface area contributed by atoms with Crippen molar-refractivity contribution in [3.63, 3.8) is 0 Å². The Hall–Kier alpha value is -2.72. The fourth-order valence-electron chi connectivity index (χ4n) is 3.12. The number of anilines is 1. The van der Waals surface area contributed by atoms with Gasteiger partial charge in [-0.25, -0.2) is 21.6 Å². The Kier molecular flexibility index (Phi) is 6.27. The van der Waals surface area contributed by atoms with E-state index in [0.29, 0.717) is 11.3 Å². The van der Waals surface area contributed by atoms with Gasteiger partial charge in [-0.05, 0) is 55.8 Å². The van der Waals surface area contributed by atoms with Crippen LogP contribution < -0.4 is 5.32 Å². The number of ether oxygens (including phenoxy) is 1. The first-order valence-electron chi connectivity index (χ1n) is 9.25. The van der Waals surface area contributed by atoms with Crippen LogP contribution in [0.3, 0.4) is 0 Å². The molecule has 1 N–H and O–H groups in total. The van der Waals surface area contributed by atoms with E-state index in [1.54, 1.807) is 6.92 Å². The zero-order valence-electron chi connectivity index (χ0n) is 16.2. The highest BCUT2D eigenvalue weighted by Gasteiger charge is 2.38. The molecular formula is C20H21NO7S2. The molecule has 1 aliphatic rings. The van der Waals surface area contributed by atoms with Crippen LogP contribution in [0.1, 0.15) is 34.1 Å². The Bertz CT molecular complexity index is 1170. The number of rotatable bonds is 6. The molecule has 0 aromatic heterocycles. The number of carbonyl (C=O) groups is 2. The normalized spacial score (nSPS) is 18.0. The van der Waals surface area contributed by atoms with Crippen molar-refractivity contribution in [1.29, 1.82) is 0 Å². The van der Waals surface area contributed by atoms with Crippen molar-refractivity contribution in [2.24, 2.45) is 0 Å². The molecule has 1 saturated heterocycles. The maximum atomic E-state index is 12.8. The SMILES string of the molecule is CCOC(=O)c1ccc(NC(=O)c2cccc(S(=O)(=O)[C@@H]3CCS(=O)(=O)C3)c2)cc1. The average molecular weight is 452 g/mol. The first-order valence-corrected chi connectivity index (χ1v) is 12.6. The van der Waals surface area contributed by atoms with E-state index in [2.05, 4.69) is 5.32 Å². The fourth-order valence-corrected chi connectivity index (χ4v) is 7.52. The first-order chi connectivity index (χ1) is 14.1. The number of benzene rings is 2. The molecule has 3 rings (SSSR count).